The van der Waals surface area contributed by atoms with E-state index in [-0.39, 0.29) is 5.75 Å². The number of hydrogen-bond acceptors (Lipinski definition) is 6. The number of carboxylic acids is 1. The number of aliphatic carboxylic acids is 1. The highest BCUT2D eigenvalue weighted by Gasteiger charge is 2.19. The fourth-order valence-electron chi connectivity index (χ4n) is 2.17. The van der Waals surface area contributed by atoms with Crippen LogP contribution in [0.5, 0.6) is 0 Å². The quantitative estimate of drug-likeness (QED) is 0.709. The molecule has 0 saturated carbocycles. The second-order valence-corrected chi connectivity index (χ2v) is 5.47. The summed E-state index contributed by atoms with van der Waals surface area (Å²) in [6.45, 7) is 2.30. The molecule has 1 N–H and O–H groups in total. The third-order valence-corrected chi connectivity index (χ3v) is 3.95. The largest absolute Gasteiger partial charge is 0.481 e. The molecule has 9 heteroatoms. The molecular formula is C12H13N5O3S. The van der Waals surface area contributed by atoms with Gasteiger partial charge in [0.25, 0.3) is 0 Å². The van der Waals surface area contributed by atoms with Crippen LogP contribution in [0.4, 0.5) is 0 Å². The van der Waals surface area contributed by atoms with Crippen LogP contribution in [0, 0.1) is 6.92 Å². The molecule has 3 rings (SSSR count). The second kappa shape index (κ2) is 5.24. The number of carbonyl (C=O) groups is 1. The maximum Gasteiger partial charge on any atom is 0.313 e. The molecule has 0 aromatic carbocycles. The molecule has 0 aliphatic carbocycles. The lowest BCUT2D eigenvalue weighted by Crippen LogP contribution is -2.07. The molecule has 21 heavy (non-hydrogen) atoms. The molecule has 0 aliphatic heterocycles. The van der Waals surface area contributed by atoms with Gasteiger partial charge < -0.3 is 9.63 Å². The SMILES string of the molecule is Cc1nn(C)c2c1nc(SCC(=O)O)n2Cc1ccno1. The van der Waals surface area contributed by atoms with Gasteiger partial charge in [-0.05, 0) is 6.92 Å². The Morgan fingerprint density at radius 1 is 1.52 bits per heavy atom. The summed E-state index contributed by atoms with van der Waals surface area (Å²) in [5.41, 5.74) is 2.41. The smallest absolute Gasteiger partial charge is 0.313 e. The summed E-state index contributed by atoms with van der Waals surface area (Å²) in [5, 5.41) is 17.5. The van der Waals surface area contributed by atoms with Gasteiger partial charge in [-0.25, -0.2) is 4.98 Å². The van der Waals surface area contributed by atoms with Gasteiger partial charge in [0.1, 0.15) is 5.52 Å². The van der Waals surface area contributed by atoms with Gasteiger partial charge in [-0.3, -0.25) is 14.0 Å². The second-order valence-electron chi connectivity index (χ2n) is 4.52. The fraction of sp³-hybridized carbons (Fsp3) is 0.333. The first-order valence-electron chi connectivity index (χ1n) is 6.20. The highest BCUT2D eigenvalue weighted by molar-refractivity contribution is 7.99. The van der Waals surface area contributed by atoms with Crippen molar-refractivity contribution in [3.05, 3.63) is 23.7 Å². The van der Waals surface area contributed by atoms with Crippen molar-refractivity contribution in [2.75, 3.05) is 5.75 Å². The van der Waals surface area contributed by atoms with Crippen LogP contribution in [-0.2, 0) is 18.4 Å². The van der Waals surface area contributed by atoms with Crippen LogP contribution in [-0.4, -0.2) is 41.3 Å². The van der Waals surface area contributed by atoms with Crippen LogP contribution < -0.4 is 0 Å². The zero-order valence-corrected chi connectivity index (χ0v) is 12.3. The molecule has 3 aromatic rings. The van der Waals surface area contributed by atoms with E-state index in [9.17, 15) is 4.79 Å². The minimum absolute atomic E-state index is 0.0494. The van der Waals surface area contributed by atoms with Crippen molar-refractivity contribution >= 4 is 28.9 Å². The molecule has 0 bridgehead atoms. The fourth-order valence-corrected chi connectivity index (χ4v) is 2.89. The lowest BCUT2D eigenvalue weighted by Gasteiger charge is -2.06. The maximum absolute atomic E-state index is 10.8. The Balaban J connectivity index is 2.07. The number of carboxylic acid groups (broad SMARTS) is 1. The monoisotopic (exact) mass is 307 g/mol. The number of aryl methyl sites for hydroxylation is 2. The van der Waals surface area contributed by atoms with E-state index in [1.165, 1.54) is 11.8 Å². The Morgan fingerprint density at radius 2 is 2.33 bits per heavy atom. The van der Waals surface area contributed by atoms with Crippen LogP contribution in [0.3, 0.4) is 0 Å². The van der Waals surface area contributed by atoms with Crippen LogP contribution in [0.1, 0.15) is 11.5 Å². The molecule has 0 amide bonds. The molecule has 0 saturated heterocycles. The van der Waals surface area contributed by atoms with Crippen LogP contribution in [0.25, 0.3) is 11.2 Å². The molecule has 0 atom stereocenters. The predicted molar refractivity (Wildman–Crippen MR) is 75.2 cm³/mol. The normalized spacial score (nSPS) is 11.3. The average Bonchev–Trinajstić information content (AvgIpc) is 3.09. The predicted octanol–water partition coefficient (Wildman–Crippen LogP) is 1.29. The lowest BCUT2D eigenvalue weighted by atomic mass is 10.4. The first-order chi connectivity index (χ1) is 10.1. The van der Waals surface area contributed by atoms with Crippen molar-refractivity contribution in [3.8, 4) is 0 Å². The maximum atomic E-state index is 10.8. The first-order valence-corrected chi connectivity index (χ1v) is 7.19. The number of hydrogen-bond donors (Lipinski definition) is 1. The summed E-state index contributed by atoms with van der Waals surface area (Å²) in [7, 11) is 1.83. The number of aromatic nitrogens is 5. The Kier molecular flexibility index (Phi) is 3.42. The van der Waals surface area contributed by atoms with Gasteiger partial charge in [-0.2, -0.15) is 5.10 Å². The summed E-state index contributed by atoms with van der Waals surface area (Å²) in [4.78, 5) is 15.3. The zero-order valence-electron chi connectivity index (χ0n) is 11.5. The summed E-state index contributed by atoms with van der Waals surface area (Å²) >= 11 is 1.17. The van der Waals surface area contributed by atoms with Gasteiger partial charge in [-0.15, -0.1) is 0 Å². The number of thioether (sulfide) groups is 1. The van der Waals surface area contributed by atoms with Crippen molar-refractivity contribution < 1.29 is 14.4 Å². The molecule has 0 unspecified atom stereocenters. The minimum atomic E-state index is -0.881. The van der Waals surface area contributed by atoms with E-state index in [0.29, 0.717) is 17.5 Å². The van der Waals surface area contributed by atoms with E-state index in [2.05, 4.69) is 15.2 Å². The highest BCUT2D eigenvalue weighted by atomic mass is 32.2. The van der Waals surface area contributed by atoms with Gasteiger partial charge in [0.2, 0.25) is 0 Å². The molecule has 0 fully saturated rings. The third-order valence-electron chi connectivity index (χ3n) is 2.98. The van der Waals surface area contributed by atoms with E-state index >= 15 is 0 Å². The molecule has 0 aliphatic rings. The first kappa shape index (κ1) is 13.7. The van der Waals surface area contributed by atoms with Crippen molar-refractivity contribution in [1.82, 2.24) is 24.5 Å². The molecule has 110 valence electrons. The van der Waals surface area contributed by atoms with Crippen molar-refractivity contribution in [2.45, 2.75) is 18.6 Å². The molecule has 3 aromatic heterocycles. The van der Waals surface area contributed by atoms with Crippen LogP contribution in [0.15, 0.2) is 21.9 Å². The standard InChI is InChI=1S/C12H13N5O3S/c1-7-10-11(16(2)15-7)17(5-8-3-4-13-20-8)12(14-10)21-6-9(18)19/h3-4H,5-6H2,1-2H3,(H,18,19). The van der Waals surface area contributed by atoms with E-state index < -0.39 is 5.97 Å². The minimum Gasteiger partial charge on any atom is -0.481 e. The third kappa shape index (κ3) is 2.51. The molecule has 3 heterocycles. The van der Waals surface area contributed by atoms with Crippen molar-refractivity contribution in [1.29, 1.82) is 0 Å². The molecule has 0 radical (unpaired) electrons. The number of imidazole rings is 1. The summed E-state index contributed by atoms with van der Waals surface area (Å²) in [5.74, 6) is -0.259. The number of fused-ring (bicyclic) bond motifs is 1. The Hall–Kier alpha value is -2.29. The van der Waals surface area contributed by atoms with Gasteiger partial charge >= 0.3 is 5.97 Å². The van der Waals surface area contributed by atoms with Crippen molar-refractivity contribution in [3.63, 3.8) is 0 Å². The summed E-state index contributed by atoms with van der Waals surface area (Å²) < 4.78 is 8.76. The Morgan fingerprint density at radius 3 is 3.00 bits per heavy atom. The summed E-state index contributed by atoms with van der Waals surface area (Å²) in [6.07, 6.45) is 1.57. The van der Waals surface area contributed by atoms with E-state index in [1.54, 1.807) is 16.9 Å². The summed E-state index contributed by atoms with van der Waals surface area (Å²) in [6, 6.07) is 1.76. The Labute approximate surface area is 123 Å². The van der Waals surface area contributed by atoms with Gasteiger partial charge in [0, 0.05) is 13.1 Å². The molecule has 8 nitrogen and oxygen atoms in total. The van der Waals surface area contributed by atoms with E-state index in [0.717, 1.165) is 16.9 Å². The lowest BCUT2D eigenvalue weighted by molar-refractivity contribution is -0.133. The zero-order chi connectivity index (χ0) is 15.0. The van der Waals surface area contributed by atoms with Gasteiger partial charge in [0.15, 0.2) is 16.6 Å². The number of nitrogens with zero attached hydrogens (tertiary/aromatic N) is 5. The Bertz CT molecular complexity index is 790. The number of rotatable bonds is 5. The van der Waals surface area contributed by atoms with E-state index in [1.807, 2.05) is 18.5 Å². The van der Waals surface area contributed by atoms with Crippen LogP contribution in [0.2, 0.25) is 0 Å². The van der Waals surface area contributed by atoms with Gasteiger partial charge in [0.05, 0.1) is 24.2 Å². The van der Waals surface area contributed by atoms with Crippen molar-refractivity contribution in [2.24, 2.45) is 7.05 Å². The van der Waals surface area contributed by atoms with Gasteiger partial charge in [-0.1, -0.05) is 16.9 Å². The topological polar surface area (TPSA) is 99.0 Å². The van der Waals surface area contributed by atoms with Crippen LogP contribution >= 0.6 is 11.8 Å². The average molecular weight is 307 g/mol. The molecule has 0 spiro atoms. The highest BCUT2D eigenvalue weighted by Crippen LogP contribution is 2.26. The molecular weight excluding hydrogens is 294 g/mol. The van der Waals surface area contributed by atoms with E-state index in [4.69, 9.17) is 9.63 Å².